The van der Waals surface area contributed by atoms with Gasteiger partial charge in [-0.15, -0.1) is 0 Å². The molecule has 0 unspecified atom stereocenters. The molecular weight excluding hydrogens is 474 g/mol. The molecular formula is C37H53NO. The van der Waals surface area contributed by atoms with E-state index in [0.717, 1.165) is 23.3 Å². The van der Waals surface area contributed by atoms with Crippen LogP contribution < -0.4 is 4.90 Å². The van der Waals surface area contributed by atoms with Gasteiger partial charge in [-0.05, 0) is 52.7 Å². The molecule has 0 spiro atoms. The lowest BCUT2D eigenvalue weighted by atomic mass is 9.72. The second kappa shape index (κ2) is 14.1. The minimum atomic E-state index is -0.194. The van der Waals surface area contributed by atoms with Crippen LogP contribution in [-0.2, 0) is 4.79 Å². The van der Waals surface area contributed by atoms with Gasteiger partial charge in [0.1, 0.15) is 0 Å². The van der Waals surface area contributed by atoms with Crippen LogP contribution in [0, 0.1) is 10.8 Å². The lowest BCUT2D eigenvalue weighted by Gasteiger charge is -2.31. The number of hydrogen-bond acceptors (Lipinski definition) is 2. The van der Waals surface area contributed by atoms with Gasteiger partial charge in [-0.2, -0.15) is 0 Å². The first-order valence-electron chi connectivity index (χ1n) is 15.5. The first kappa shape index (κ1) is 30.9. The quantitative estimate of drug-likeness (QED) is 0.252. The number of benzene rings is 1. The van der Waals surface area contributed by atoms with Gasteiger partial charge in [0.05, 0.1) is 0 Å². The fraction of sp³-hybridized carbons (Fsp3) is 0.541. The summed E-state index contributed by atoms with van der Waals surface area (Å²) in [7, 11) is 0. The molecule has 39 heavy (non-hydrogen) atoms. The number of unbranched alkanes of at least 4 members (excludes halogenated alkanes) is 9. The van der Waals surface area contributed by atoms with E-state index < -0.39 is 0 Å². The Morgan fingerprint density at radius 2 is 1.26 bits per heavy atom. The SMILES string of the molecule is CCCCCCCCCCCCN1C=C/C(=C/C=C2C=C(C(C)(C)C)C(=O)C(C(C)(C)C)=C2)c2ccccc21. The van der Waals surface area contributed by atoms with E-state index in [0.29, 0.717) is 0 Å². The predicted molar refractivity (Wildman–Crippen MR) is 171 cm³/mol. The van der Waals surface area contributed by atoms with Crippen LogP contribution in [-0.4, -0.2) is 12.3 Å². The van der Waals surface area contributed by atoms with Gasteiger partial charge >= 0.3 is 0 Å². The number of allylic oxidation sites excluding steroid dienone is 9. The highest BCUT2D eigenvalue weighted by Crippen LogP contribution is 2.39. The molecule has 0 saturated heterocycles. The number of nitrogens with zero attached hydrogens (tertiary/aromatic N) is 1. The van der Waals surface area contributed by atoms with Crippen molar-refractivity contribution in [2.75, 3.05) is 11.4 Å². The van der Waals surface area contributed by atoms with E-state index >= 15 is 0 Å². The average Bonchev–Trinajstić information content (AvgIpc) is 2.88. The highest BCUT2D eigenvalue weighted by molar-refractivity contribution is 6.11. The van der Waals surface area contributed by atoms with Crippen LogP contribution in [0.2, 0.25) is 0 Å². The molecule has 0 bridgehead atoms. The molecule has 1 aliphatic heterocycles. The number of carbonyl (C=O) groups excluding carboxylic acids is 1. The van der Waals surface area contributed by atoms with Gasteiger partial charge in [-0.1, -0.05) is 137 Å². The van der Waals surface area contributed by atoms with Crippen molar-refractivity contribution in [1.82, 2.24) is 0 Å². The van der Waals surface area contributed by atoms with E-state index in [1.807, 2.05) is 0 Å². The largest absolute Gasteiger partial charge is 0.347 e. The molecule has 2 aliphatic rings. The van der Waals surface area contributed by atoms with Crippen LogP contribution in [0.4, 0.5) is 5.69 Å². The average molecular weight is 528 g/mol. The molecule has 1 aromatic carbocycles. The van der Waals surface area contributed by atoms with Gasteiger partial charge in [-0.25, -0.2) is 0 Å². The lowest BCUT2D eigenvalue weighted by Crippen LogP contribution is -2.27. The van der Waals surface area contributed by atoms with Crippen molar-refractivity contribution in [3.8, 4) is 0 Å². The smallest absolute Gasteiger partial charge is 0.186 e. The summed E-state index contributed by atoms with van der Waals surface area (Å²) in [5, 5.41) is 0. The van der Waals surface area contributed by atoms with Crippen molar-refractivity contribution in [2.45, 2.75) is 113 Å². The zero-order valence-electron chi connectivity index (χ0n) is 25.9. The van der Waals surface area contributed by atoms with Crippen molar-refractivity contribution >= 4 is 17.0 Å². The Morgan fingerprint density at radius 3 is 1.82 bits per heavy atom. The number of ketones is 1. The van der Waals surface area contributed by atoms with E-state index in [9.17, 15) is 4.79 Å². The normalized spacial score (nSPS) is 16.9. The summed E-state index contributed by atoms with van der Waals surface area (Å²) in [5.74, 6) is 0.185. The molecule has 2 heteroatoms. The summed E-state index contributed by atoms with van der Waals surface area (Å²) >= 11 is 0. The molecule has 212 valence electrons. The Kier molecular flexibility index (Phi) is 11.2. The number of rotatable bonds is 12. The van der Waals surface area contributed by atoms with Crippen LogP contribution in [0.5, 0.6) is 0 Å². The third-order valence-corrected chi connectivity index (χ3v) is 7.89. The van der Waals surface area contributed by atoms with Crippen LogP contribution in [0.1, 0.15) is 118 Å². The Bertz CT molecular complexity index is 1090. The van der Waals surface area contributed by atoms with Gasteiger partial charge in [0, 0.05) is 35.1 Å². The van der Waals surface area contributed by atoms with E-state index in [1.165, 1.54) is 81.0 Å². The minimum Gasteiger partial charge on any atom is -0.347 e. The summed E-state index contributed by atoms with van der Waals surface area (Å²) < 4.78 is 0. The maximum absolute atomic E-state index is 13.3. The van der Waals surface area contributed by atoms with Crippen molar-refractivity contribution in [1.29, 1.82) is 0 Å². The maximum atomic E-state index is 13.3. The number of Topliss-reactive ketones (excluding diaryl/α,β-unsaturated/α-hetero) is 1. The van der Waals surface area contributed by atoms with Gasteiger partial charge in [0.25, 0.3) is 0 Å². The fourth-order valence-corrected chi connectivity index (χ4v) is 5.47. The molecule has 0 radical (unpaired) electrons. The monoisotopic (exact) mass is 527 g/mol. The molecule has 0 amide bonds. The Balaban J connectivity index is 1.68. The van der Waals surface area contributed by atoms with Crippen molar-refractivity contribution in [3.63, 3.8) is 0 Å². The van der Waals surface area contributed by atoms with Gasteiger partial charge in [0.15, 0.2) is 5.78 Å². The van der Waals surface area contributed by atoms with E-state index in [4.69, 9.17) is 0 Å². The highest BCUT2D eigenvalue weighted by atomic mass is 16.1. The van der Waals surface area contributed by atoms with E-state index in [1.54, 1.807) is 0 Å². The third-order valence-electron chi connectivity index (χ3n) is 7.89. The summed E-state index contributed by atoms with van der Waals surface area (Å²) in [6, 6.07) is 8.74. The minimum absolute atomic E-state index is 0.185. The Labute approximate surface area is 239 Å². The Morgan fingerprint density at radius 1 is 0.718 bits per heavy atom. The second-order valence-electron chi connectivity index (χ2n) is 13.4. The summed E-state index contributed by atoms with van der Waals surface area (Å²) in [6.07, 6.45) is 26.7. The van der Waals surface area contributed by atoms with Gasteiger partial charge in [0.2, 0.25) is 0 Å². The van der Waals surface area contributed by atoms with Gasteiger partial charge < -0.3 is 4.90 Å². The number of carbonyl (C=O) groups is 1. The zero-order chi connectivity index (χ0) is 28.5. The molecule has 0 fully saturated rings. The van der Waals surface area contributed by atoms with Crippen LogP contribution in [0.15, 0.2) is 77.6 Å². The second-order valence-corrected chi connectivity index (χ2v) is 13.4. The maximum Gasteiger partial charge on any atom is 0.186 e. The van der Waals surface area contributed by atoms with Crippen LogP contribution >= 0.6 is 0 Å². The predicted octanol–water partition coefficient (Wildman–Crippen LogP) is 10.8. The first-order chi connectivity index (χ1) is 18.5. The summed E-state index contributed by atoms with van der Waals surface area (Å²) in [4.78, 5) is 15.7. The molecule has 0 atom stereocenters. The molecule has 1 aliphatic carbocycles. The molecule has 0 aromatic heterocycles. The molecule has 2 nitrogen and oxygen atoms in total. The molecule has 0 saturated carbocycles. The number of anilines is 1. The zero-order valence-corrected chi connectivity index (χ0v) is 25.9. The summed E-state index contributed by atoms with van der Waals surface area (Å²) in [6.45, 7) is 16.1. The number of para-hydroxylation sites is 1. The van der Waals surface area contributed by atoms with Crippen molar-refractivity contribution in [2.24, 2.45) is 10.8 Å². The lowest BCUT2D eigenvalue weighted by molar-refractivity contribution is -0.114. The van der Waals surface area contributed by atoms with Crippen LogP contribution in [0.3, 0.4) is 0 Å². The molecule has 1 aromatic rings. The fourth-order valence-electron chi connectivity index (χ4n) is 5.47. The van der Waals surface area contributed by atoms with Crippen molar-refractivity contribution in [3.05, 3.63) is 83.1 Å². The van der Waals surface area contributed by atoms with Crippen LogP contribution in [0.25, 0.3) is 5.57 Å². The summed E-state index contributed by atoms with van der Waals surface area (Å²) in [5.41, 5.74) is 6.26. The number of hydrogen-bond donors (Lipinski definition) is 0. The topological polar surface area (TPSA) is 20.3 Å². The highest BCUT2D eigenvalue weighted by Gasteiger charge is 2.33. The molecule has 0 N–H and O–H groups in total. The van der Waals surface area contributed by atoms with E-state index in [-0.39, 0.29) is 16.6 Å². The van der Waals surface area contributed by atoms with Crippen molar-refractivity contribution < 1.29 is 4.79 Å². The van der Waals surface area contributed by atoms with E-state index in [2.05, 4.69) is 114 Å². The molecule has 3 rings (SSSR count). The molecule has 1 heterocycles. The number of fused-ring (bicyclic) bond motifs is 1. The Hall–Kier alpha value is -2.61. The third kappa shape index (κ3) is 8.95. The van der Waals surface area contributed by atoms with Gasteiger partial charge in [-0.3, -0.25) is 4.79 Å². The first-order valence-corrected chi connectivity index (χ1v) is 15.5. The standard InChI is InChI=1S/C37H53NO/c1-8-9-10-11-12-13-14-15-16-19-25-38-26-24-30(31-20-17-18-21-34(31)38)23-22-29-27-32(36(2,3)4)35(39)33(28-29)37(5,6)7/h17-18,20-24,26-28H,8-16,19,25H2,1-7H3/b30-23-.